The summed E-state index contributed by atoms with van der Waals surface area (Å²) in [6.07, 6.45) is 4.32. The molecule has 2 aliphatic rings. The fourth-order valence-corrected chi connectivity index (χ4v) is 2.57. The van der Waals surface area contributed by atoms with Gasteiger partial charge in [0, 0.05) is 25.6 Å². The molecule has 0 aromatic heterocycles. The molecule has 3 N–H and O–H groups in total. The molecule has 1 heterocycles. The minimum atomic E-state index is -0.376. The molecule has 1 unspecified atom stereocenters. The first-order chi connectivity index (χ1) is 7.68. The van der Waals surface area contributed by atoms with Crippen LogP contribution >= 0.6 is 0 Å². The van der Waals surface area contributed by atoms with Gasteiger partial charge in [0.25, 0.3) is 0 Å². The third-order valence-electron chi connectivity index (χ3n) is 3.53. The SMILES string of the molecule is NC(=O)C1CN(C(=O)C2CCCC2)CCN1. The molecule has 1 aliphatic carbocycles. The van der Waals surface area contributed by atoms with Gasteiger partial charge in [0.2, 0.25) is 11.8 Å². The number of amides is 2. The predicted octanol–water partition coefficient (Wildman–Crippen LogP) is -0.538. The molecule has 5 heteroatoms. The van der Waals surface area contributed by atoms with Gasteiger partial charge in [-0.05, 0) is 12.8 Å². The summed E-state index contributed by atoms with van der Waals surface area (Å²) in [5, 5.41) is 3.03. The van der Waals surface area contributed by atoms with E-state index in [1.165, 1.54) is 0 Å². The molecule has 1 saturated heterocycles. The molecule has 0 aromatic rings. The molecule has 2 fully saturated rings. The largest absolute Gasteiger partial charge is 0.368 e. The number of hydrogen-bond acceptors (Lipinski definition) is 3. The summed E-state index contributed by atoms with van der Waals surface area (Å²) in [7, 11) is 0. The zero-order valence-corrected chi connectivity index (χ0v) is 9.45. The Hall–Kier alpha value is -1.10. The number of rotatable bonds is 2. The lowest BCUT2D eigenvalue weighted by atomic mass is 10.1. The number of nitrogens with zero attached hydrogens (tertiary/aromatic N) is 1. The molecular weight excluding hydrogens is 206 g/mol. The quantitative estimate of drug-likeness (QED) is 0.663. The Labute approximate surface area is 95.3 Å². The molecule has 5 nitrogen and oxygen atoms in total. The van der Waals surface area contributed by atoms with E-state index in [9.17, 15) is 9.59 Å². The van der Waals surface area contributed by atoms with Gasteiger partial charge in [-0.25, -0.2) is 0 Å². The number of piperazine rings is 1. The Morgan fingerprint density at radius 2 is 1.94 bits per heavy atom. The summed E-state index contributed by atoms with van der Waals surface area (Å²) < 4.78 is 0. The van der Waals surface area contributed by atoms with Crippen LogP contribution in [0.3, 0.4) is 0 Å². The van der Waals surface area contributed by atoms with Crippen LogP contribution in [0.25, 0.3) is 0 Å². The molecule has 16 heavy (non-hydrogen) atoms. The first-order valence-corrected chi connectivity index (χ1v) is 6.00. The van der Waals surface area contributed by atoms with Crippen molar-refractivity contribution in [3.63, 3.8) is 0 Å². The predicted molar refractivity (Wildman–Crippen MR) is 59.5 cm³/mol. The summed E-state index contributed by atoms with van der Waals surface area (Å²) in [6, 6.07) is -0.376. The topological polar surface area (TPSA) is 75.4 Å². The Kier molecular flexibility index (Phi) is 3.43. The maximum absolute atomic E-state index is 12.1. The normalized spacial score (nSPS) is 27.0. The maximum atomic E-state index is 12.1. The van der Waals surface area contributed by atoms with Crippen LogP contribution in [-0.2, 0) is 9.59 Å². The Bertz CT molecular complexity index is 287. The van der Waals surface area contributed by atoms with E-state index in [0.29, 0.717) is 19.6 Å². The van der Waals surface area contributed by atoms with E-state index in [4.69, 9.17) is 5.73 Å². The van der Waals surface area contributed by atoms with E-state index < -0.39 is 0 Å². The van der Waals surface area contributed by atoms with Gasteiger partial charge in [0.1, 0.15) is 6.04 Å². The number of carbonyl (C=O) groups excluding carboxylic acids is 2. The van der Waals surface area contributed by atoms with Crippen LogP contribution in [0.4, 0.5) is 0 Å². The van der Waals surface area contributed by atoms with Crippen LogP contribution in [0, 0.1) is 5.92 Å². The molecule has 1 atom stereocenters. The van der Waals surface area contributed by atoms with E-state index in [1.54, 1.807) is 4.90 Å². The van der Waals surface area contributed by atoms with Gasteiger partial charge in [-0.2, -0.15) is 0 Å². The standard InChI is InChI=1S/C11H19N3O2/c12-10(15)9-7-14(6-5-13-9)11(16)8-3-1-2-4-8/h8-9,13H,1-7H2,(H2,12,15). The van der Waals surface area contributed by atoms with E-state index in [-0.39, 0.29) is 23.8 Å². The lowest BCUT2D eigenvalue weighted by Crippen LogP contribution is -2.58. The maximum Gasteiger partial charge on any atom is 0.236 e. The molecular formula is C11H19N3O2. The van der Waals surface area contributed by atoms with Crippen LogP contribution in [-0.4, -0.2) is 42.4 Å². The van der Waals surface area contributed by atoms with Crippen LogP contribution in [0.2, 0.25) is 0 Å². The van der Waals surface area contributed by atoms with Gasteiger partial charge < -0.3 is 16.0 Å². The summed E-state index contributed by atoms with van der Waals surface area (Å²) in [5.74, 6) is 0.0285. The van der Waals surface area contributed by atoms with Gasteiger partial charge in [0.05, 0.1) is 0 Å². The minimum Gasteiger partial charge on any atom is -0.368 e. The monoisotopic (exact) mass is 225 g/mol. The average molecular weight is 225 g/mol. The summed E-state index contributed by atoms with van der Waals surface area (Å²) in [5.41, 5.74) is 5.24. The molecule has 2 rings (SSSR count). The van der Waals surface area contributed by atoms with Crippen molar-refractivity contribution >= 4 is 11.8 Å². The minimum absolute atomic E-state index is 0.187. The fraction of sp³-hybridized carbons (Fsp3) is 0.818. The second kappa shape index (κ2) is 4.82. The van der Waals surface area contributed by atoms with Crippen molar-refractivity contribution in [1.82, 2.24) is 10.2 Å². The molecule has 0 aromatic carbocycles. The molecule has 2 amide bonds. The lowest BCUT2D eigenvalue weighted by molar-refractivity contribution is -0.137. The summed E-state index contributed by atoms with van der Waals surface area (Å²) in [4.78, 5) is 25.0. The third kappa shape index (κ3) is 2.35. The number of carbonyl (C=O) groups is 2. The van der Waals surface area contributed by atoms with Gasteiger partial charge in [-0.3, -0.25) is 9.59 Å². The number of nitrogens with one attached hydrogen (secondary N) is 1. The fourth-order valence-electron chi connectivity index (χ4n) is 2.57. The Morgan fingerprint density at radius 1 is 1.25 bits per heavy atom. The van der Waals surface area contributed by atoms with Gasteiger partial charge >= 0.3 is 0 Å². The van der Waals surface area contributed by atoms with Crippen molar-refractivity contribution in [3.05, 3.63) is 0 Å². The van der Waals surface area contributed by atoms with Crippen molar-refractivity contribution in [1.29, 1.82) is 0 Å². The highest BCUT2D eigenvalue weighted by atomic mass is 16.2. The Balaban J connectivity index is 1.93. The van der Waals surface area contributed by atoms with Crippen molar-refractivity contribution in [3.8, 4) is 0 Å². The highest BCUT2D eigenvalue weighted by Gasteiger charge is 2.31. The van der Waals surface area contributed by atoms with Crippen molar-refractivity contribution in [2.45, 2.75) is 31.7 Å². The molecule has 1 saturated carbocycles. The van der Waals surface area contributed by atoms with Crippen molar-refractivity contribution < 1.29 is 9.59 Å². The number of nitrogens with two attached hydrogens (primary N) is 1. The van der Waals surface area contributed by atoms with E-state index >= 15 is 0 Å². The van der Waals surface area contributed by atoms with Crippen LogP contribution in [0.5, 0.6) is 0 Å². The molecule has 90 valence electrons. The second-order valence-electron chi connectivity index (χ2n) is 4.67. The van der Waals surface area contributed by atoms with Gasteiger partial charge in [0.15, 0.2) is 0 Å². The zero-order valence-electron chi connectivity index (χ0n) is 9.45. The highest BCUT2D eigenvalue weighted by Crippen LogP contribution is 2.26. The lowest BCUT2D eigenvalue weighted by Gasteiger charge is -2.33. The van der Waals surface area contributed by atoms with Gasteiger partial charge in [-0.15, -0.1) is 0 Å². The number of primary amides is 1. The van der Waals surface area contributed by atoms with Crippen LogP contribution in [0.1, 0.15) is 25.7 Å². The van der Waals surface area contributed by atoms with E-state index in [0.717, 1.165) is 25.7 Å². The average Bonchev–Trinajstić information content (AvgIpc) is 2.81. The Morgan fingerprint density at radius 3 is 2.56 bits per heavy atom. The van der Waals surface area contributed by atoms with Crippen LogP contribution < -0.4 is 11.1 Å². The van der Waals surface area contributed by atoms with Crippen LogP contribution in [0.15, 0.2) is 0 Å². The third-order valence-corrected chi connectivity index (χ3v) is 3.53. The summed E-state index contributed by atoms with van der Waals surface area (Å²) >= 11 is 0. The van der Waals surface area contributed by atoms with E-state index in [2.05, 4.69) is 5.32 Å². The molecule has 0 radical (unpaired) electrons. The van der Waals surface area contributed by atoms with E-state index in [1.807, 2.05) is 0 Å². The summed E-state index contributed by atoms with van der Waals surface area (Å²) in [6.45, 7) is 1.79. The smallest absolute Gasteiger partial charge is 0.236 e. The first kappa shape index (κ1) is 11.4. The second-order valence-corrected chi connectivity index (χ2v) is 4.67. The van der Waals surface area contributed by atoms with Crippen molar-refractivity contribution in [2.75, 3.05) is 19.6 Å². The first-order valence-electron chi connectivity index (χ1n) is 6.00. The molecule has 1 aliphatic heterocycles. The molecule has 0 bridgehead atoms. The number of hydrogen-bond donors (Lipinski definition) is 2. The zero-order chi connectivity index (χ0) is 11.5. The highest BCUT2D eigenvalue weighted by molar-refractivity contribution is 5.83. The van der Waals surface area contributed by atoms with Gasteiger partial charge in [-0.1, -0.05) is 12.8 Å². The van der Waals surface area contributed by atoms with Crippen molar-refractivity contribution in [2.24, 2.45) is 11.7 Å². The molecule has 0 spiro atoms.